The van der Waals surface area contributed by atoms with Crippen molar-refractivity contribution in [3.63, 3.8) is 0 Å². The van der Waals surface area contributed by atoms with Crippen molar-refractivity contribution >= 4 is 10.0 Å². The number of nitrogens with one attached hydrogen (secondary N) is 3. The third-order valence-corrected chi connectivity index (χ3v) is 6.12. The van der Waals surface area contributed by atoms with Gasteiger partial charge in [-0.15, -0.1) is 0 Å². The summed E-state index contributed by atoms with van der Waals surface area (Å²) < 4.78 is 27.8. The van der Waals surface area contributed by atoms with Crippen LogP contribution in [-0.2, 0) is 16.6 Å². The number of sulfonamides is 1. The van der Waals surface area contributed by atoms with Gasteiger partial charge in [-0.2, -0.15) is 0 Å². The molecule has 1 aromatic heterocycles. The molecule has 1 aliphatic rings. The van der Waals surface area contributed by atoms with Crippen LogP contribution in [0.1, 0.15) is 45.7 Å². The lowest BCUT2D eigenvalue weighted by molar-refractivity contribution is 0.368. The quantitative estimate of drug-likeness (QED) is 0.722. The van der Waals surface area contributed by atoms with Crippen LogP contribution in [0.2, 0.25) is 0 Å². The van der Waals surface area contributed by atoms with Crippen molar-refractivity contribution in [3.05, 3.63) is 18.0 Å². The van der Waals surface area contributed by atoms with Gasteiger partial charge in [0.1, 0.15) is 0 Å². The molecule has 1 fully saturated rings. The molecule has 6 heteroatoms. The first-order chi connectivity index (χ1) is 9.97. The molecule has 1 heterocycles. The molecule has 1 saturated carbocycles. The predicted octanol–water partition coefficient (Wildman–Crippen LogP) is 2.23. The van der Waals surface area contributed by atoms with E-state index in [0.29, 0.717) is 23.3 Å². The first-order valence-corrected chi connectivity index (χ1v) is 9.36. The number of aromatic nitrogens is 1. The maximum absolute atomic E-state index is 12.5. The normalized spacial score (nSPS) is 26.3. The minimum atomic E-state index is -3.42. The van der Waals surface area contributed by atoms with Crippen LogP contribution in [0, 0.1) is 11.8 Å². The predicted molar refractivity (Wildman–Crippen MR) is 84.5 cm³/mol. The molecule has 3 atom stereocenters. The smallest absolute Gasteiger partial charge is 0.242 e. The highest BCUT2D eigenvalue weighted by molar-refractivity contribution is 7.89. The maximum atomic E-state index is 12.5. The van der Waals surface area contributed by atoms with E-state index in [2.05, 4.69) is 28.9 Å². The molecule has 3 unspecified atom stereocenters. The van der Waals surface area contributed by atoms with Crippen molar-refractivity contribution in [2.45, 2.75) is 57.5 Å². The summed E-state index contributed by atoms with van der Waals surface area (Å²) in [5.74, 6) is 1.04. The number of hydrogen-bond donors (Lipinski definition) is 3. The Kier molecular flexibility index (Phi) is 5.46. The average Bonchev–Trinajstić information content (AvgIpc) is 3.05. The Morgan fingerprint density at radius 1 is 1.33 bits per heavy atom. The molecule has 2 rings (SSSR count). The van der Waals surface area contributed by atoms with Crippen molar-refractivity contribution in [1.82, 2.24) is 15.0 Å². The van der Waals surface area contributed by atoms with Crippen LogP contribution in [0.3, 0.4) is 0 Å². The van der Waals surface area contributed by atoms with Crippen LogP contribution < -0.4 is 10.0 Å². The Hall–Kier alpha value is -0.850. The van der Waals surface area contributed by atoms with Gasteiger partial charge < -0.3 is 10.3 Å². The topological polar surface area (TPSA) is 74.0 Å². The van der Waals surface area contributed by atoms with E-state index in [1.165, 1.54) is 0 Å². The minimum absolute atomic E-state index is 0.0621. The molecule has 0 radical (unpaired) electrons. The molecule has 21 heavy (non-hydrogen) atoms. The van der Waals surface area contributed by atoms with E-state index in [9.17, 15) is 8.42 Å². The summed E-state index contributed by atoms with van der Waals surface area (Å²) in [6.45, 7) is 7.87. The molecule has 0 amide bonds. The zero-order valence-electron chi connectivity index (χ0n) is 13.1. The molecule has 1 aliphatic carbocycles. The fourth-order valence-electron chi connectivity index (χ4n) is 3.19. The average molecular weight is 313 g/mol. The fourth-order valence-corrected chi connectivity index (χ4v) is 4.57. The van der Waals surface area contributed by atoms with Gasteiger partial charge in [-0.05, 0) is 37.3 Å². The van der Waals surface area contributed by atoms with Crippen LogP contribution in [0.25, 0.3) is 0 Å². The van der Waals surface area contributed by atoms with Crippen molar-refractivity contribution in [3.8, 4) is 0 Å². The first kappa shape index (κ1) is 16.5. The maximum Gasteiger partial charge on any atom is 0.242 e. The molecular formula is C15H27N3O2S. The molecule has 0 bridgehead atoms. The molecule has 120 valence electrons. The number of hydrogen-bond acceptors (Lipinski definition) is 3. The highest BCUT2D eigenvalue weighted by Gasteiger charge is 2.34. The highest BCUT2D eigenvalue weighted by Crippen LogP contribution is 2.34. The van der Waals surface area contributed by atoms with Crippen LogP contribution in [0.4, 0.5) is 0 Å². The number of H-pyrrole nitrogens is 1. The van der Waals surface area contributed by atoms with Gasteiger partial charge in [0.05, 0.1) is 4.90 Å². The lowest BCUT2D eigenvalue weighted by Crippen LogP contribution is -2.37. The Morgan fingerprint density at radius 3 is 2.71 bits per heavy atom. The minimum Gasteiger partial charge on any atom is -0.363 e. The molecule has 3 N–H and O–H groups in total. The largest absolute Gasteiger partial charge is 0.363 e. The molecule has 0 aromatic carbocycles. The van der Waals surface area contributed by atoms with Crippen LogP contribution in [-0.4, -0.2) is 26.0 Å². The van der Waals surface area contributed by atoms with Gasteiger partial charge in [-0.25, -0.2) is 13.1 Å². The van der Waals surface area contributed by atoms with Gasteiger partial charge in [0.25, 0.3) is 0 Å². The lowest BCUT2D eigenvalue weighted by atomic mass is 9.94. The van der Waals surface area contributed by atoms with E-state index in [4.69, 9.17) is 0 Å². The summed E-state index contributed by atoms with van der Waals surface area (Å²) in [7, 11) is -3.42. The van der Waals surface area contributed by atoms with Crippen LogP contribution in [0.5, 0.6) is 0 Å². The first-order valence-electron chi connectivity index (χ1n) is 7.88. The Balaban J connectivity index is 2.03. The summed E-state index contributed by atoms with van der Waals surface area (Å²) in [4.78, 5) is 3.36. The standard InChI is InChI=1S/C15H27N3O2S/c1-4-12-6-7-15(11(12)3)18-21(19,20)14-8-13(17-10-14)9-16-5-2/h8,10-12,15-18H,4-7,9H2,1-3H3. The third kappa shape index (κ3) is 3.87. The summed E-state index contributed by atoms with van der Waals surface area (Å²) >= 11 is 0. The lowest BCUT2D eigenvalue weighted by Gasteiger charge is -2.20. The summed E-state index contributed by atoms with van der Waals surface area (Å²) in [5, 5.41) is 3.18. The van der Waals surface area contributed by atoms with E-state index in [1.54, 1.807) is 12.3 Å². The van der Waals surface area contributed by atoms with Gasteiger partial charge in [0, 0.05) is 24.5 Å². The van der Waals surface area contributed by atoms with Crippen molar-refractivity contribution < 1.29 is 8.42 Å². The zero-order chi connectivity index (χ0) is 15.5. The zero-order valence-corrected chi connectivity index (χ0v) is 14.0. The van der Waals surface area contributed by atoms with Gasteiger partial charge in [0.15, 0.2) is 0 Å². The molecule has 0 aliphatic heterocycles. The second kappa shape index (κ2) is 6.94. The van der Waals surface area contributed by atoms with Crippen molar-refractivity contribution in [2.24, 2.45) is 11.8 Å². The van der Waals surface area contributed by atoms with E-state index >= 15 is 0 Å². The molecule has 1 aromatic rings. The second-order valence-corrected chi connectivity index (χ2v) is 7.69. The van der Waals surface area contributed by atoms with Crippen LogP contribution in [0.15, 0.2) is 17.2 Å². The van der Waals surface area contributed by atoms with E-state index < -0.39 is 10.0 Å². The Bertz CT molecular complexity index is 553. The fraction of sp³-hybridized carbons (Fsp3) is 0.733. The molecule has 5 nitrogen and oxygen atoms in total. The second-order valence-electron chi connectivity index (χ2n) is 5.97. The SMILES string of the molecule is CCNCc1cc(S(=O)(=O)NC2CCC(CC)C2C)c[nH]1. The summed E-state index contributed by atoms with van der Waals surface area (Å²) in [6, 6.07) is 1.77. The van der Waals surface area contributed by atoms with Crippen molar-refractivity contribution in [2.75, 3.05) is 6.54 Å². The highest BCUT2D eigenvalue weighted by atomic mass is 32.2. The van der Waals surface area contributed by atoms with Crippen molar-refractivity contribution in [1.29, 1.82) is 0 Å². The van der Waals surface area contributed by atoms with Gasteiger partial charge in [0.2, 0.25) is 10.0 Å². The molecular weight excluding hydrogens is 286 g/mol. The monoisotopic (exact) mass is 313 g/mol. The summed E-state index contributed by atoms with van der Waals surface area (Å²) in [5.41, 5.74) is 0.892. The van der Waals surface area contributed by atoms with Crippen LogP contribution >= 0.6 is 0 Å². The molecule has 0 spiro atoms. The van der Waals surface area contributed by atoms with Gasteiger partial charge >= 0.3 is 0 Å². The van der Waals surface area contributed by atoms with E-state index in [1.807, 2.05) is 6.92 Å². The van der Waals surface area contributed by atoms with Gasteiger partial charge in [-0.3, -0.25) is 0 Å². The summed E-state index contributed by atoms with van der Waals surface area (Å²) in [6.07, 6.45) is 4.75. The third-order valence-electron chi connectivity index (χ3n) is 4.65. The number of rotatable bonds is 7. The van der Waals surface area contributed by atoms with E-state index in [0.717, 1.165) is 31.5 Å². The van der Waals surface area contributed by atoms with Gasteiger partial charge in [-0.1, -0.05) is 27.2 Å². The number of aromatic amines is 1. The Labute approximate surface area is 128 Å². The van der Waals surface area contributed by atoms with E-state index in [-0.39, 0.29) is 6.04 Å². The Morgan fingerprint density at radius 2 is 2.10 bits per heavy atom. The molecule has 0 saturated heterocycles.